The number of nitrogens with one attached hydrogen (secondary N) is 2. The molecule has 1 aromatic heterocycles. The lowest BCUT2D eigenvalue weighted by Crippen LogP contribution is -2.15. The molecular weight excluding hydrogens is 338 g/mol. The Balaban J connectivity index is 1.70. The number of para-hydroxylation sites is 1. The summed E-state index contributed by atoms with van der Waals surface area (Å²) in [4.78, 5) is 12.1. The van der Waals surface area contributed by atoms with Gasteiger partial charge in [0.15, 0.2) is 23.1 Å². The van der Waals surface area contributed by atoms with Crippen LogP contribution in [0.5, 0.6) is 0 Å². The van der Waals surface area contributed by atoms with Gasteiger partial charge in [0.05, 0.1) is 0 Å². The van der Waals surface area contributed by atoms with E-state index in [0.717, 1.165) is 29.8 Å². The number of aryl methyl sites for hydroxylation is 1. The maximum atomic E-state index is 13.2. The number of nitrogens with zero attached hydrogens (tertiary/aromatic N) is 2. The van der Waals surface area contributed by atoms with Crippen molar-refractivity contribution >= 4 is 23.1 Å². The van der Waals surface area contributed by atoms with Crippen molar-refractivity contribution in [3.8, 4) is 0 Å². The van der Waals surface area contributed by atoms with Gasteiger partial charge in [-0.15, -0.1) is 10.2 Å². The van der Waals surface area contributed by atoms with Gasteiger partial charge in [0.2, 0.25) is 0 Å². The van der Waals surface area contributed by atoms with E-state index >= 15 is 0 Å². The molecule has 0 radical (unpaired) electrons. The third-order valence-corrected chi connectivity index (χ3v) is 3.74. The maximum Gasteiger partial charge on any atom is 0.276 e. The quantitative estimate of drug-likeness (QED) is 0.716. The van der Waals surface area contributed by atoms with Crippen molar-refractivity contribution < 1.29 is 13.6 Å². The highest BCUT2D eigenvalue weighted by molar-refractivity contribution is 6.02. The second kappa shape index (κ2) is 7.69. The van der Waals surface area contributed by atoms with Crippen LogP contribution in [0.3, 0.4) is 0 Å². The fraction of sp³-hybridized carbons (Fsp3) is 0.105. The summed E-state index contributed by atoms with van der Waals surface area (Å²) in [5.41, 5.74) is 2.25. The molecule has 3 rings (SSSR count). The third-order valence-electron chi connectivity index (χ3n) is 3.74. The molecule has 7 heteroatoms. The van der Waals surface area contributed by atoms with E-state index in [1.54, 1.807) is 6.07 Å². The number of carbonyl (C=O) groups excluding carboxylic acids is 1. The van der Waals surface area contributed by atoms with Gasteiger partial charge in [-0.3, -0.25) is 4.79 Å². The minimum atomic E-state index is -1.04. The van der Waals surface area contributed by atoms with Crippen molar-refractivity contribution in [3.05, 3.63) is 77.5 Å². The number of rotatable bonds is 5. The van der Waals surface area contributed by atoms with Crippen LogP contribution in [-0.4, -0.2) is 16.1 Å². The van der Waals surface area contributed by atoms with Crippen LogP contribution in [0.1, 0.15) is 23.0 Å². The molecule has 0 spiro atoms. The van der Waals surface area contributed by atoms with Gasteiger partial charge in [0.25, 0.3) is 5.91 Å². The zero-order chi connectivity index (χ0) is 18.5. The number of aromatic nitrogens is 2. The summed E-state index contributed by atoms with van der Waals surface area (Å²) in [6.07, 6.45) is 0.866. The fourth-order valence-electron chi connectivity index (χ4n) is 2.38. The molecule has 1 amide bonds. The van der Waals surface area contributed by atoms with Crippen molar-refractivity contribution in [1.82, 2.24) is 10.2 Å². The Morgan fingerprint density at radius 3 is 2.50 bits per heavy atom. The highest BCUT2D eigenvalue weighted by Gasteiger charge is 2.11. The molecule has 26 heavy (non-hydrogen) atoms. The van der Waals surface area contributed by atoms with Crippen molar-refractivity contribution in [1.29, 1.82) is 0 Å². The van der Waals surface area contributed by atoms with Gasteiger partial charge in [0, 0.05) is 17.4 Å². The highest BCUT2D eigenvalue weighted by Crippen LogP contribution is 2.20. The summed E-state index contributed by atoms with van der Waals surface area (Å²) in [5, 5.41) is 13.5. The molecule has 2 N–H and O–H groups in total. The van der Waals surface area contributed by atoms with Crippen LogP contribution in [0.15, 0.2) is 54.6 Å². The second-order valence-corrected chi connectivity index (χ2v) is 5.52. The predicted molar refractivity (Wildman–Crippen MR) is 95.4 cm³/mol. The van der Waals surface area contributed by atoms with E-state index < -0.39 is 17.5 Å². The van der Waals surface area contributed by atoms with Crippen molar-refractivity contribution in [3.63, 3.8) is 0 Å². The van der Waals surface area contributed by atoms with Crippen LogP contribution < -0.4 is 10.6 Å². The Morgan fingerprint density at radius 1 is 1.00 bits per heavy atom. The first kappa shape index (κ1) is 17.5. The summed E-state index contributed by atoms with van der Waals surface area (Å²) in [6.45, 7) is 2.05. The molecule has 0 aliphatic heterocycles. The molecule has 5 nitrogen and oxygen atoms in total. The molecule has 0 aliphatic carbocycles. The lowest BCUT2D eigenvalue weighted by molar-refractivity contribution is 0.102. The van der Waals surface area contributed by atoms with Crippen LogP contribution in [0, 0.1) is 11.6 Å². The van der Waals surface area contributed by atoms with Gasteiger partial charge in [-0.2, -0.15) is 0 Å². The molecular formula is C19H16F2N4O. The van der Waals surface area contributed by atoms with E-state index in [1.807, 2.05) is 24.3 Å². The summed E-state index contributed by atoms with van der Waals surface area (Å²) in [5.74, 6) is -2.09. The van der Waals surface area contributed by atoms with Gasteiger partial charge >= 0.3 is 0 Å². The number of benzene rings is 2. The number of amides is 1. The Bertz CT molecular complexity index is 929. The Morgan fingerprint density at radius 2 is 1.81 bits per heavy atom. The predicted octanol–water partition coefficient (Wildman–Crippen LogP) is 4.31. The van der Waals surface area contributed by atoms with Crippen LogP contribution in [0.2, 0.25) is 0 Å². The molecule has 0 saturated carbocycles. The maximum absolute atomic E-state index is 13.2. The van der Waals surface area contributed by atoms with Gasteiger partial charge in [-0.05, 0) is 42.3 Å². The van der Waals surface area contributed by atoms with Gasteiger partial charge in [-0.1, -0.05) is 25.1 Å². The van der Waals surface area contributed by atoms with Crippen molar-refractivity contribution in [2.45, 2.75) is 13.3 Å². The molecule has 0 unspecified atom stereocenters. The van der Waals surface area contributed by atoms with E-state index in [1.165, 1.54) is 12.1 Å². The number of carbonyl (C=O) groups is 1. The van der Waals surface area contributed by atoms with E-state index in [9.17, 15) is 13.6 Å². The highest BCUT2D eigenvalue weighted by atomic mass is 19.2. The number of anilines is 3. The molecule has 132 valence electrons. The molecule has 2 aromatic carbocycles. The van der Waals surface area contributed by atoms with Gasteiger partial charge < -0.3 is 10.6 Å². The molecule has 3 aromatic rings. The lowest BCUT2D eigenvalue weighted by Gasteiger charge is -2.10. The van der Waals surface area contributed by atoms with Gasteiger partial charge in [-0.25, -0.2) is 8.78 Å². The molecule has 0 aliphatic rings. The Hall–Kier alpha value is -3.35. The minimum Gasteiger partial charge on any atom is -0.339 e. The zero-order valence-corrected chi connectivity index (χ0v) is 14.0. The number of halogens is 2. The smallest absolute Gasteiger partial charge is 0.276 e. The Labute approximate surface area is 149 Å². The fourth-order valence-corrected chi connectivity index (χ4v) is 2.38. The first-order valence-electron chi connectivity index (χ1n) is 8.02. The summed E-state index contributed by atoms with van der Waals surface area (Å²) < 4.78 is 26.1. The van der Waals surface area contributed by atoms with E-state index in [-0.39, 0.29) is 11.4 Å². The Kier molecular flexibility index (Phi) is 5.17. The average molecular weight is 354 g/mol. The van der Waals surface area contributed by atoms with Gasteiger partial charge in [0.1, 0.15) is 0 Å². The average Bonchev–Trinajstić information content (AvgIpc) is 2.66. The van der Waals surface area contributed by atoms with Crippen LogP contribution in [-0.2, 0) is 6.42 Å². The number of hydrogen-bond acceptors (Lipinski definition) is 4. The van der Waals surface area contributed by atoms with E-state index in [4.69, 9.17) is 0 Å². The minimum absolute atomic E-state index is 0.0593. The summed E-state index contributed by atoms with van der Waals surface area (Å²) >= 11 is 0. The van der Waals surface area contributed by atoms with Crippen molar-refractivity contribution in [2.24, 2.45) is 0 Å². The second-order valence-electron chi connectivity index (χ2n) is 5.52. The molecule has 1 heterocycles. The van der Waals surface area contributed by atoms with Crippen LogP contribution in [0.25, 0.3) is 0 Å². The number of hydrogen-bond donors (Lipinski definition) is 2. The lowest BCUT2D eigenvalue weighted by atomic mass is 10.1. The molecule has 0 atom stereocenters. The topological polar surface area (TPSA) is 66.9 Å². The van der Waals surface area contributed by atoms with E-state index in [0.29, 0.717) is 5.82 Å². The summed E-state index contributed by atoms with van der Waals surface area (Å²) in [7, 11) is 0. The third kappa shape index (κ3) is 4.00. The monoisotopic (exact) mass is 354 g/mol. The zero-order valence-electron chi connectivity index (χ0n) is 14.0. The molecule has 0 saturated heterocycles. The SMILES string of the molecule is CCc1ccccc1Nc1ccc(C(=O)Nc2ccc(F)c(F)c2)nn1. The van der Waals surface area contributed by atoms with Crippen molar-refractivity contribution in [2.75, 3.05) is 10.6 Å². The summed E-state index contributed by atoms with van der Waals surface area (Å²) in [6, 6.07) is 14.1. The molecule has 0 bridgehead atoms. The normalized spacial score (nSPS) is 10.4. The van der Waals surface area contributed by atoms with Crippen LogP contribution >= 0.6 is 0 Å². The largest absolute Gasteiger partial charge is 0.339 e. The first-order valence-corrected chi connectivity index (χ1v) is 8.02. The first-order chi connectivity index (χ1) is 12.6. The van der Waals surface area contributed by atoms with E-state index in [2.05, 4.69) is 27.8 Å². The molecule has 0 fully saturated rings. The standard InChI is InChI=1S/C19H16F2N4O/c1-2-12-5-3-4-6-16(12)23-18-10-9-17(24-25-18)19(26)22-13-7-8-14(20)15(21)11-13/h3-11H,2H2,1H3,(H,22,26)(H,23,25). The van der Waals surface area contributed by atoms with Crippen LogP contribution in [0.4, 0.5) is 26.0 Å².